The number of rotatable bonds is 10. The van der Waals surface area contributed by atoms with Gasteiger partial charge in [-0.25, -0.2) is 8.42 Å². The molecule has 0 aliphatic carbocycles. The molecule has 0 heterocycles. The molecular formula is C29H26ClN3O4S. The van der Waals surface area contributed by atoms with E-state index in [9.17, 15) is 18.0 Å². The van der Waals surface area contributed by atoms with Gasteiger partial charge in [-0.15, -0.1) is 0 Å². The minimum absolute atomic E-state index is 0.0194. The Kier molecular flexibility index (Phi) is 8.78. The average molecular weight is 548 g/mol. The van der Waals surface area contributed by atoms with Gasteiger partial charge in [-0.05, 0) is 48.4 Å². The van der Waals surface area contributed by atoms with Gasteiger partial charge >= 0.3 is 0 Å². The van der Waals surface area contributed by atoms with Gasteiger partial charge < -0.3 is 10.6 Å². The van der Waals surface area contributed by atoms with Crippen molar-refractivity contribution >= 4 is 44.8 Å². The predicted molar refractivity (Wildman–Crippen MR) is 150 cm³/mol. The lowest BCUT2D eigenvalue weighted by Crippen LogP contribution is -2.38. The van der Waals surface area contributed by atoms with Crippen molar-refractivity contribution < 1.29 is 18.0 Å². The maximum atomic E-state index is 13.5. The van der Waals surface area contributed by atoms with Crippen LogP contribution in [0.3, 0.4) is 0 Å². The first-order valence-electron chi connectivity index (χ1n) is 11.9. The maximum Gasteiger partial charge on any atom is 0.264 e. The van der Waals surface area contributed by atoms with Gasteiger partial charge in [0.1, 0.15) is 6.54 Å². The molecule has 0 radical (unpaired) electrons. The van der Waals surface area contributed by atoms with Crippen molar-refractivity contribution in [1.82, 2.24) is 5.32 Å². The Morgan fingerprint density at radius 2 is 1.37 bits per heavy atom. The highest BCUT2D eigenvalue weighted by molar-refractivity contribution is 7.92. The molecule has 0 aliphatic heterocycles. The summed E-state index contributed by atoms with van der Waals surface area (Å²) in [6.07, 6.45) is 0.658. The van der Waals surface area contributed by atoms with Crippen LogP contribution in [0.2, 0.25) is 5.02 Å². The number of halogens is 1. The van der Waals surface area contributed by atoms with Crippen molar-refractivity contribution in [2.75, 3.05) is 22.7 Å². The number of nitrogens with zero attached hydrogens (tertiary/aromatic N) is 1. The number of nitrogens with one attached hydrogen (secondary N) is 2. The Morgan fingerprint density at radius 1 is 0.763 bits per heavy atom. The fraction of sp³-hybridized carbons (Fsp3) is 0.103. The lowest BCUT2D eigenvalue weighted by molar-refractivity contribution is -0.114. The highest BCUT2D eigenvalue weighted by atomic mass is 35.5. The number of hydrogen-bond donors (Lipinski definition) is 2. The Morgan fingerprint density at radius 3 is 2.08 bits per heavy atom. The van der Waals surface area contributed by atoms with E-state index in [1.165, 1.54) is 18.2 Å². The third kappa shape index (κ3) is 6.59. The third-order valence-corrected chi connectivity index (χ3v) is 7.82. The molecule has 9 heteroatoms. The summed E-state index contributed by atoms with van der Waals surface area (Å²) in [5, 5.41) is 5.74. The molecular weight excluding hydrogens is 522 g/mol. The van der Waals surface area contributed by atoms with Gasteiger partial charge in [0.2, 0.25) is 5.91 Å². The SMILES string of the molecule is O=C(CN(c1ccccc1Cl)S(=O)(=O)c1ccccc1)Nc1ccccc1C(=O)NCCc1ccccc1. The molecule has 194 valence electrons. The number of hydrogen-bond acceptors (Lipinski definition) is 4. The number of amides is 2. The maximum absolute atomic E-state index is 13.5. The van der Waals surface area contributed by atoms with E-state index >= 15 is 0 Å². The van der Waals surface area contributed by atoms with Crippen LogP contribution < -0.4 is 14.9 Å². The summed E-state index contributed by atoms with van der Waals surface area (Å²) >= 11 is 6.32. The molecule has 2 amide bonds. The van der Waals surface area contributed by atoms with Gasteiger partial charge in [-0.3, -0.25) is 13.9 Å². The zero-order valence-corrected chi connectivity index (χ0v) is 22.0. The van der Waals surface area contributed by atoms with Gasteiger partial charge in [-0.2, -0.15) is 0 Å². The Balaban J connectivity index is 1.52. The molecule has 0 spiro atoms. The topological polar surface area (TPSA) is 95.6 Å². The van der Waals surface area contributed by atoms with E-state index in [0.717, 1.165) is 9.87 Å². The molecule has 4 rings (SSSR count). The van der Waals surface area contributed by atoms with E-state index in [2.05, 4.69) is 10.6 Å². The first kappa shape index (κ1) is 26.9. The van der Waals surface area contributed by atoms with E-state index in [4.69, 9.17) is 11.6 Å². The summed E-state index contributed by atoms with van der Waals surface area (Å²) in [5.74, 6) is -0.981. The van der Waals surface area contributed by atoms with Crippen molar-refractivity contribution in [3.05, 3.63) is 125 Å². The summed E-state index contributed by atoms with van der Waals surface area (Å²) < 4.78 is 28.0. The second kappa shape index (κ2) is 12.4. The average Bonchev–Trinajstić information content (AvgIpc) is 2.93. The fourth-order valence-corrected chi connectivity index (χ4v) is 5.59. The summed E-state index contributed by atoms with van der Waals surface area (Å²) in [5.41, 5.74) is 1.80. The van der Waals surface area contributed by atoms with Crippen LogP contribution in [0.15, 0.2) is 114 Å². The van der Waals surface area contributed by atoms with Gasteiger partial charge in [0.05, 0.1) is 26.9 Å². The standard InChI is InChI=1S/C29H26ClN3O4S/c30-25-16-8-10-18-27(25)33(38(36,37)23-13-5-2-6-14-23)21-28(34)32-26-17-9-7-15-24(26)29(35)31-20-19-22-11-3-1-4-12-22/h1-18H,19-21H2,(H,31,35)(H,32,34). The van der Waals surface area contributed by atoms with Crippen molar-refractivity contribution in [3.8, 4) is 0 Å². The van der Waals surface area contributed by atoms with Crippen molar-refractivity contribution in [3.63, 3.8) is 0 Å². The Bertz CT molecular complexity index is 1510. The molecule has 7 nitrogen and oxygen atoms in total. The highest BCUT2D eigenvalue weighted by Crippen LogP contribution is 2.30. The molecule has 0 aromatic heterocycles. The number of carbonyl (C=O) groups is 2. The molecule has 0 aliphatic rings. The van der Waals surface area contributed by atoms with Gasteiger partial charge in [0.25, 0.3) is 15.9 Å². The van der Waals surface area contributed by atoms with Crippen LogP contribution in [0.25, 0.3) is 0 Å². The number of sulfonamides is 1. The molecule has 2 N–H and O–H groups in total. The molecule has 0 saturated heterocycles. The molecule has 4 aromatic rings. The van der Waals surface area contributed by atoms with Crippen LogP contribution in [0, 0.1) is 0 Å². The largest absolute Gasteiger partial charge is 0.352 e. The molecule has 0 saturated carbocycles. The summed E-state index contributed by atoms with van der Waals surface area (Å²) in [4.78, 5) is 26.1. The number of benzene rings is 4. The number of para-hydroxylation sites is 2. The normalized spacial score (nSPS) is 11.0. The third-order valence-electron chi connectivity index (χ3n) is 5.73. The van der Waals surface area contributed by atoms with E-state index in [-0.39, 0.29) is 32.8 Å². The lowest BCUT2D eigenvalue weighted by atomic mass is 10.1. The van der Waals surface area contributed by atoms with E-state index in [1.54, 1.807) is 60.7 Å². The lowest BCUT2D eigenvalue weighted by Gasteiger charge is -2.25. The predicted octanol–water partition coefficient (Wildman–Crippen LogP) is 5.15. The molecule has 0 atom stereocenters. The van der Waals surface area contributed by atoms with E-state index in [0.29, 0.717) is 13.0 Å². The van der Waals surface area contributed by atoms with Crippen molar-refractivity contribution in [1.29, 1.82) is 0 Å². The van der Waals surface area contributed by atoms with Crippen LogP contribution in [0.4, 0.5) is 11.4 Å². The Hall–Kier alpha value is -4.14. The highest BCUT2D eigenvalue weighted by Gasteiger charge is 2.29. The van der Waals surface area contributed by atoms with Crippen molar-refractivity contribution in [2.24, 2.45) is 0 Å². The Labute approximate surface area is 227 Å². The first-order valence-corrected chi connectivity index (χ1v) is 13.7. The summed E-state index contributed by atoms with van der Waals surface area (Å²) in [6, 6.07) is 30.5. The van der Waals surface area contributed by atoms with Gasteiger partial charge in [0.15, 0.2) is 0 Å². The second-order valence-corrected chi connectivity index (χ2v) is 10.6. The first-order chi connectivity index (χ1) is 18.4. The monoisotopic (exact) mass is 547 g/mol. The minimum Gasteiger partial charge on any atom is -0.352 e. The summed E-state index contributed by atoms with van der Waals surface area (Å²) in [7, 11) is -4.12. The van der Waals surface area contributed by atoms with Crippen molar-refractivity contribution in [2.45, 2.75) is 11.3 Å². The molecule has 38 heavy (non-hydrogen) atoms. The molecule has 4 aromatic carbocycles. The van der Waals surface area contributed by atoms with Gasteiger partial charge in [0, 0.05) is 6.54 Å². The molecule has 0 fully saturated rings. The van der Waals surface area contributed by atoms with E-state index < -0.39 is 22.5 Å². The summed E-state index contributed by atoms with van der Waals surface area (Å²) in [6.45, 7) is -0.133. The number of carbonyl (C=O) groups excluding carboxylic acids is 2. The fourth-order valence-electron chi connectivity index (χ4n) is 3.84. The second-order valence-electron chi connectivity index (χ2n) is 8.36. The zero-order valence-electron chi connectivity index (χ0n) is 20.4. The van der Waals surface area contributed by atoms with Crippen LogP contribution in [-0.2, 0) is 21.2 Å². The smallest absolute Gasteiger partial charge is 0.264 e. The minimum atomic E-state index is -4.12. The van der Waals surface area contributed by atoms with Gasteiger partial charge in [-0.1, -0.05) is 84.4 Å². The zero-order chi connectivity index (χ0) is 27.0. The van der Waals surface area contributed by atoms with E-state index in [1.807, 2.05) is 30.3 Å². The van der Waals surface area contributed by atoms with Crippen LogP contribution in [-0.4, -0.2) is 33.3 Å². The number of anilines is 2. The molecule has 0 bridgehead atoms. The quantitative estimate of drug-likeness (QED) is 0.287. The van der Waals surface area contributed by atoms with Crippen LogP contribution in [0.1, 0.15) is 15.9 Å². The van der Waals surface area contributed by atoms with Crippen LogP contribution >= 0.6 is 11.6 Å². The molecule has 0 unspecified atom stereocenters. The van der Waals surface area contributed by atoms with Crippen LogP contribution in [0.5, 0.6) is 0 Å².